The lowest BCUT2D eigenvalue weighted by Crippen LogP contribution is -2.45. The number of fused-ring (bicyclic) bond motifs is 2. The van der Waals surface area contributed by atoms with Gasteiger partial charge in [0.25, 0.3) is 0 Å². The lowest BCUT2D eigenvalue weighted by Gasteiger charge is -2.37. The largest absolute Gasteiger partial charge is 0.310 e. The van der Waals surface area contributed by atoms with Crippen LogP contribution in [0.25, 0.3) is 0 Å². The predicted octanol–water partition coefficient (Wildman–Crippen LogP) is 2.56. The van der Waals surface area contributed by atoms with E-state index in [9.17, 15) is 0 Å². The number of hydrogen-bond acceptors (Lipinski definition) is 1. The minimum atomic E-state index is 0.514. The molecule has 0 aromatic heterocycles. The molecule has 1 N–H and O–H groups in total. The van der Waals surface area contributed by atoms with E-state index >= 15 is 0 Å². The molecule has 1 saturated heterocycles. The maximum Gasteiger partial charge on any atom is 0.0149 e. The summed E-state index contributed by atoms with van der Waals surface area (Å²) in [5.41, 5.74) is 0.514. The van der Waals surface area contributed by atoms with Crippen molar-refractivity contribution >= 4 is 0 Å². The molecule has 2 bridgehead atoms. The van der Waals surface area contributed by atoms with Gasteiger partial charge >= 0.3 is 0 Å². The molecular weight excluding hydrogens is 146 g/mol. The number of rotatable bonds is 2. The Hall–Kier alpha value is -0.0400. The highest BCUT2D eigenvalue weighted by Crippen LogP contribution is 2.43. The van der Waals surface area contributed by atoms with Crippen LogP contribution in [-0.2, 0) is 0 Å². The summed E-state index contributed by atoms with van der Waals surface area (Å²) >= 11 is 0. The maximum atomic E-state index is 3.78. The van der Waals surface area contributed by atoms with Crippen LogP contribution >= 0.6 is 0 Å². The van der Waals surface area contributed by atoms with Crippen molar-refractivity contribution in [3.63, 3.8) is 0 Å². The van der Waals surface area contributed by atoms with Crippen LogP contribution in [0.3, 0.4) is 0 Å². The molecule has 2 fully saturated rings. The number of nitrogens with one attached hydrogen (secondary N) is 1. The average Bonchev–Trinajstić information content (AvgIpc) is 2.64. The molecule has 1 aliphatic heterocycles. The van der Waals surface area contributed by atoms with Gasteiger partial charge in [0.05, 0.1) is 0 Å². The maximum absolute atomic E-state index is 3.78. The van der Waals surface area contributed by atoms with Gasteiger partial charge in [-0.05, 0) is 37.0 Å². The summed E-state index contributed by atoms with van der Waals surface area (Å²) in [6.07, 6.45) is 5.66. The molecule has 0 aromatic rings. The summed E-state index contributed by atoms with van der Waals surface area (Å²) in [6, 6.07) is 1.67. The zero-order valence-corrected chi connectivity index (χ0v) is 8.56. The Morgan fingerprint density at radius 3 is 2.50 bits per heavy atom. The lowest BCUT2D eigenvalue weighted by atomic mass is 9.76. The standard InChI is InChI=1S/C11H21N/c1-4-11(2,3)10-8-5-6-9(7-8)12-10/h8-10,12H,4-7H2,1-3H3/t8-,9+,10?/m0/s1. The zero-order chi connectivity index (χ0) is 8.77. The van der Waals surface area contributed by atoms with Gasteiger partial charge in [-0.25, -0.2) is 0 Å². The SMILES string of the molecule is CCC(C)(C)C1N[C@@H]2CC[C@H]1C2. The van der Waals surface area contributed by atoms with Crippen LogP contribution < -0.4 is 5.32 Å². The van der Waals surface area contributed by atoms with Crippen molar-refractivity contribution < 1.29 is 0 Å². The highest BCUT2D eigenvalue weighted by molar-refractivity contribution is 5.02. The summed E-state index contributed by atoms with van der Waals surface area (Å²) in [5, 5.41) is 3.78. The van der Waals surface area contributed by atoms with Crippen LogP contribution in [0.15, 0.2) is 0 Å². The Kier molecular flexibility index (Phi) is 1.95. The van der Waals surface area contributed by atoms with Gasteiger partial charge in [0.2, 0.25) is 0 Å². The van der Waals surface area contributed by atoms with Gasteiger partial charge in [0, 0.05) is 12.1 Å². The summed E-state index contributed by atoms with van der Waals surface area (Å²) in [7, 11) is 0. The van der Waals surface area contributed by atoms with Gasteiger partial charge < -0.3 is 5.32 Å². The molecule has 2 rings (SSSR count). The van der Waals surface area contributed by atoms with E-state index in [2.05, 4.69) is 26.1 Å². The van der Waals surface area contributed by atoms with E-state index in [1.54, 1.807) is 0 Å². The van der Waals surface area contributed by atoms with Crippen LogP contribution in [-0.4, -0.2) is 12.1 Å². The second-order valence-corrected chi connectivity index (χ2v) is 5.26. The van der Waals surface area contributed by atoms with Crippen LogP contribution in [0.1, 0.15) is 46.5 Å². The molecule has 2 aliphatic rings. The van der Waals surface area contributed by atoms with E-state index in [0.29, 0.717) is 5.41 Å². The van der Waals surface area contributed by atoms with Gasteiger partial charge in [0.1, 0.15) is 0 Å². The highest BCUT2D eigenvalue weighted by atomic mass is 15.0. The fraction of sp³-hybridized carbons (Fsp3) is 1.00. The first-order valence-corrected chi connectivity index (χ1v) is 5.39. The van der Waals surface area contributed by atoms with E-state index in [-0.39, 0.29) is 0 Å². The molecule has 1 nitrogen and oxygen atoms in total. The van der Waals surface area contributed by atoms with Gasteiger partial charge in [0.15, 0.2) is 0 Å². The highest BCUT2D eigenvalue weighted by Gasteiger charge is 2.45. The number of piperidine rings is 1. The van der Waals surface area contributed by atoms with Gasteiger partial charge in [-0.15, -0.1) is 0 Å². The summed E-state index contributed by atoms with van der Waals surface area (Å²) in [4.78, 5) is 0. The van der Waals surface area contributed by atoms with Crippen molar-refractivity contribution in [1.82, 2.24) is 5.32 Å². The first-order chi connectivity index (χ1) is 5.63. The van der Waals surface area contributed by atoms with Crippen LogP contribution in [0.2, 0.25) is 0 Å². The Morgan fingerprint density at radius 1 is 1.33 bits per heavy atom. The molecule has 1 saturated carbocycles. The van der Waals surface area contributed by atoms with Crippen LogP contribution in [0.4, 0.5) is 0 Å². The van der Waals surface area contributed by atoms with Gasteiger partial charge in [-0.3, -0.25) is 0 Å². The summed E-state index contributed by atoms with van der Waals surface area (Å²) in [6.45, 7) is 7.13. The molecule has 1 unspecified atom stereocenters. The summed E-state index contributed by atoms with van der Waals surface area (Å²) < 4.78 is 0. The topological polar surface area (TPSA) is 12.0 Å². The normalized spacial score (nSPS) is 40.8. The molecule has 0 aromatic carbocycles. The van der Waals surface area contributed by atoms with Crippen molar-refractivity contribution in [3.05, 3.63) is 0 Å². The second kappa shape index (κ2) is 2.73. The summed E-state index contributed by atoms with van der Waals surface area (Å²) in [5.74, 6) is 0.991. The fourth-order valence-corrected chi connectivity index (χ4v) is 2.94. The minimum absolute atomic E-state index is 0.514. The Balaban J connectivity index is 2.06. The monoisotopic (exact) mass is 167 g/mol. The molecule has 0 amide bonds. The van der Waals surface area contributed by atoms with Gasteiger partial charge in [-0.1, -0.05) is 20.8 Å². The first kappa shape index (κ1) is 8.55. The Labute approximate surface area is 75.9 Å². The molecule has 1 aliphatic carbocycles. The van der Waals surface area contributed by atoms with Crippen LogP contribution in [0.5, 0.6) is 0 Å². The lowest BCUT2D eigenvalue weighted by molar-refractivity contribution is 0.183. The minimum Gasteiger partial charge on any atom is -0.310 e. The molecule has 0 radical (unpaired) electrons. The zero-order valence-electron chi connectivity index (χ0n) is 8.56. The average molecular weight is 167 g/mol. The van der Waals surface area contributed by atoms with E-state index in [0.717, 1.165) is 18.0 Å². The van der Waals surface area contributed by atoms with E-state index in [1.807, 2.05) is 0 Å². The quantitative estimate of drug-likeness (QED) is 0.666. The molecular formula is C11H21N. The second-order valence-electron chi connectivity index (χ2n) is 5.26. The molecule has 1 heterocycles. The van der Waals surface area contributed by atoms with Crippen molar-refractivity contribution in [2.75, 3.05) is 0 Å². The first-order valence-electron chi connectivity index (χ1n) is 5.39. The molecule has 70 valence electrons. The number of hydrogen-bond donors (Lipinski definition) is 1. The van der Waals surface area contributed by atoms with Crippen molar-refractivity contribution in [1.29, 1.82) is 0 Å². The van der Waals surface area contributed by atoms with E-state index < -0.39 is 0 Å². The molecule has 3 atom stereocenters. The van der Waals surface area contributed by atoms with E-state index in [4.69, 9.17) is 0 Å². The Bertz CT molecular complexity index is 174. The van der Waals surface area contributed by atoms with E-state index in [1.165, 1.54) is 25.7 Å². The molecule has 0 spiro atoms. The third-order valence-corrected chi connectivity index (χ3v) is 4.11. The predicted molar refractivity (Wildman–Crippen MR) is 52.1 cm³/mol. The van der Waals surface area contributed by atoms with Crippen LogP contribution in [0, 0.1) is 11.3 Å². The fourth-order valence-electron chi connectivity index (χ4n) is 2.94. The third kappa shape index (κ3) is 1.19. The van der Waals surface area contributed by atoms with Crippen molar-refractivity contribution in [3.8, 4) is 0 Å². The molecule has 1 heteroatoms. The van der Waals surface area contributed by atoms with Gasteiger partial charge in [-0.2, -0.15) is 0 Å². The van der Waals surface area contributed by atoms with Crippen molar-refractivity contribution in [2.45, 2.75) is 58.5 Å². The third-order valence-electron chi connectivity index (χ3n) is 4.11. The smallest absolute Gasteiger partial charge is 0.0149 e. The molecule has 12 heavy (non-hydrogen) atoms. The Morgan fingerprint density at radius 2 is 2.08 bits per heavy atom. The van der Waals surface area contributed by atoms with Crippen molar-refractivity contribution in [2.24, 2.45) is 11.3 Å².